The molecule has 2 rings (SSSR count). The monoisotopic (exact) mass is 244 g/mol. The molecule has 0 aromatic heterocycles. The minimum absolute atomic E-state index is 0.147. The van der Waals surface area contributed by atoms with Crippen LogP contribution in [0.25, 0.3) is 0 Å². The molecule has 1 unspecified atom stereocenters. The maximum Gasteiger partial charge on any atom is 0.418 e. The fraction of sp³-hybridized carbons (Fsp3) is 0.500. The summed E-state index contributed by atoms with van der Waals surface area (Å²) in [6, 6.07) is 4.00. The van der Waals surface area contributed by atoms with Crippen LogP contribution in [0.2, 0.25) is 0 Å². The first-order valence-corrected chi connectivity index (χ1v) is 5.59. The van der Waals surface area contributed by atoms with E-state index < -0.39 is 11.7 Å². The number of hydrogen-bond acceptors (Lipinski definition) is 2. The van der Waals surface area contributed by atoms with E-state index in [1.54, 1.807) is 4.90 Å². The number of rotatable bonds is 1. The molecule has 0 bridgehead atoms. The summed E-state index contributed by atoms with van der Waals surface area (Å²) in [5.74, 6) is 0.439. The Morgan fingerprint density at radius 3 is 2.59 bits per heavy atom. The molecule has 1 aromatic carbocycles. The van der Waals surface area contributed by atoms with Gasteiger partial charge in [0.25, 0.3) is 0 Å². The first-order chi connectivity index (χ1) is 7.88. The molecule has 5 heteroatoms. The van der Waals surface area contributed by atoms with Gasteiger partial charge in [0.15, 0.2) is 0 Å². The highest BCUT2D eigenvalue weighted by molar-refractivity contribution is 5.61. The van der Waals surface area contributed by atoms with E-state index in [2.05, 4.69) is 0 Å². The summed E-state index contributed by atoms with van der Waals surface area (Å²) in [6.07, 6.45) is -3.42. The molecule has 1 atom stereocenters. The van der Waals surface area contributed by atoms with Gasteiger partial charge < -0.3 is 10.6 Å². The van der Waals surface area contributed by atoms with Crippen LogP contribution in [-0.2, 0) is 6.18 Å². The molecule has 1 aliphatic heterocycles. The number of nitrogens with two attached hydrogens (primary N) is 1. The molecule has 0 aliphatic carbocycles. The Labute approximate surface area is 98.2 Å². The van der Waals surface area contributed by atoms with Crippen LogP contribution in [0.4, 0.5) is 24.5 Å². The number of halogens is 3. The quantitative estimate of drug-likeness (QED) is 0.769. The summed E-state index contributed by atoms with van der Waals surface area (Å²) in [5, 5.41) is 0. The standard InChI is InChI=1S/C12H15F3N2/c1-8-4-5-17(7-8)11-3-2-9(16)6-10(11)12(13,14)15/h2-3,6,8H,4-5,7,16H2,1H3. The molecule has 2 nitrogen and oxygen atoms in total. The third-order valence-corrected chi connectivity index (χ3v) is 3.09. The Morgan fingerprint density at radius 1 is 1.35 bits per heavy atom. The topological polar surface area (TPSA) is 29.3 Å². The van der Waals surface area contributed by atoms with E-state index in [4.69, 9.17) is 5.73 Å². The normalized spacial score (nSPS) is 20.9. The number of hydrogen-bond donors (Lipinski definition) is 1. The molecule has 1 aromatic rings. The Balaban J connectivity index is 2.39. The van der Waals surface area contributed by atoms with Crippen molar-refractivity contribution in [2.24, 2.45) is 5.92 Å². The fourth-order valence-corrected chi connectivity index (χ4v) is 2.21. The van der Waals surface area contributed by atoms with Crippen molar-refractivity contribution >= 4 is 11.4 Å². The maximum atomic E-state index is 12.9. The Kier molecular flexibility index (Phi) is 2.93. The lowest BCUT2D eigenvalue weighted by molar-refractivity contribution is -0.137. The smallest absolute Gasteiger partial charge is 0.399 e. The second-order valence-corrected chi connectivity index (χ2v) is 4.61. The first-order valence-electron chi connectivity index (χ1n) is 5.59. The van der Waals surface area contributed by atoms with Gasteiger partial charge in [0.2, 0.25) is 0 Å². The maximum absolute atomic E-state index is 12.9. The molecule has 0 spiro atoms. The van der Waals surface area contributed by atoms with E-state index in [0.717, 1.165) is 12.5 Å². The minimum Gasteiger partial charge on any atom is -0.399 e. The van der Waals surface area contributed by atoms with Crippen LogP contribution in [0.1, 0.15) is 18.9 Å². The van der Waals surface area contributed by atoms with Gasteiger partial charge in [0, 0.05) is 24.5 Å². The number of anilines is 2. The van der Waals surface area contributed by atoms with E-state index in [1.165, 1.54) is 12.1 Å². The van der Waals surface area contributed by atoms with Gasteiger partial charge in [0.05, 0.1) is 5.56 Å². The number of benzene rings is 1. The molecule has 1 aliphatic rings. The molecule has 94 valence electrons. The number of alkyl halides is 3. The van der Waals surface area contributed by atoms with Crippen molar-refractivity contribution in [1.82, 2.24) is 0 Å². The zero-order chi connectivity index (χ0) is 12.6. The van der Waals surface area contributed by atoms with Crippen LogP contribution < -0.4 is 10.6 Å². The van der Waals surface area contributed by atoms with Crippen LogP contribution in [0.15, 0.2) is 18.2 Å². The Bertz CT molecular complexity index is 415. The third kappa shape index (κ3) is 2.48. The summed E-state index contributed by atoms with van der Waals surface area (Å²) in [7, 11) is 0. The fourth-order valence-electron chi connectivity index (χ4n) is 2.21. The van der Waals surface area contributed by atoms with Crippen LogP contribution >= 0.6 is 0 Å². The largest absolute Gasteiger partial charge is 0.418 e. The van der Waals surface area contributed by atoms with Gasteiger partial charge in [-0.05, 0) is 30.5 Å². The average molecular weight is 244 g/mol. The predicted molar refractivity (Wildman–Crippen MR) is 61.9 cm³/mol. The third-order valence-electron chi connectivity index (χ3n) is 3.09. The van der Waals surface area contributed by atoms with Crippen LogP contribution in [0.3, 0.4) is 0 Å². The lowest BCUT2D eigenvalue weighted by atomic mass is 10.1. The van der Waals surface area contributed by atoms with E-state index in [1.807, 2.05) is 6.92 Å². The predicted octanol–water partition coefficient (Wildman–Crippen LogP) is 3.13. The van der Waals surface area contributed by atoms with Crippen LogP contribution in [0, 0.1) is 5.92 Å². The van der Waals surface area contributed by atoms with E-state index in [-0.39, 0.29) is 11.4 Å². The Morgan fingerprint density at radius 2 is 2.06 bits per heavy atom. The van der Waals surface area contributed by atoms with Crippen molar-refractivity contribution in [2.45, 2.75) is 19.5 Å². The molecule has 2 N–H and O–H groups in total. The molecule has 1 fully saturated rings. The zero-order valence-electron chi connectivity index (χ0n) is 9.59. The summed E-state index contributed by atoms with van der Waals surface area (Å²) in [5.41, 5.74) is 5.19. The van der Waals surface area contributed by atoms with E-state index >= 15 is 0 Å². The summed E-state index contributed by atoms with van der Waals surface area (Å²) >= 11 is 0. The summed E-state index contributed by atoms with van der Waals surface area (Å²) < 4.78 is 38.7. The molecular formula is C12H15F3N2. The zero-order valence-corrected chi connectivity index (χ0v) is 9.59. The number of nitrogen functional groups attached to an aromatic ring is 1. The van der Waals surface area contributed by atoms with E-state index in [0.29, 0.717) is 19.0 Å². The van der Waals surface area contributed by atoms with Crippen molar-refractivity contribution in [3.05, 3.63) is 23.8 Å². The van der Waals surface area contributed by atoms with Crippen molar-refractivity contribution in [2.75, 3.05) is 23.7 Å². The van der Waals surface area contributed by atoms with Gasteiger partial charge in [-0.2, -0.15) is 13.2 Å². The second-order valence-electron chi connectivity index (χ2n) is 4.61. The highest BCUT2D eigenvalue weighted by Gasteiger charge is 2.36. The summed E-state index contributed by atoms with van der Waals surface area (Å²) in [6.45, 7) is 3.39. The first kappa shape index (κ1) is 12.1. The van der Waals surface area contributed by atoms with Crippen molar-refractivity contribution in [1.29, 1.82) is 0 Å². The van der Waals surface area contributed by atoms with Gasteiger partial charge in [0.1, 0.15) is 0 Å². The molecule has 0 amide bonds. The van der Waals surface area contributed by atoms with Crippen molar-refractivity contribution in [3.8, 4) is 0 Å². The molecule has 1 heterocycles. The summed E-state index contributed by atoms with van der Waals surface area (Å²) in [4.78, 5) is 1.78. The molecule has 17 heavy (non-hydrogen) atoms. The highest BCUT2D eigenvalue weighted by Crippen LogP contribution is 2.39. The highest BCUT2D eigenvalue weighted by atomic mass is 19.4. The molecule has 0 saturated carbocycles. The van der Waals surface area contributed by atoms with Crippen LogP contribution in [-0.4, -0.2) is 13.1 Å². The second kappa shape index (κ2) is 4.13. The van der Waals surface area contributed by atoms with E-state index in [9.17, 15) is 13.2 Å². The lowest BCUT2D eigenvalue weighted by Gasteiger charge is -2.23. The van der Waals surface area contributed by atoms with Crippen LogP contribution in [0.5, 0.6) is 0 Å². The average Bonchev–Trinajstić information content (AvgIpc) is 2.63. The molecular weight excluding hydrogens is 229 g/mol. The van der Waals surface area contributed by atoms with Crippen molar-refractivity contribution in [3.63, 3.8) is 0 Å². The minimum atomic E-state index is -4.35. The molecule has 1 saturated heterocycles. The van der Waals surface area contributed by atoms with Gasteiger partial charge in [-0.15, -0.1) is 0 Å². The van der Waals surface area contributed by atoms with Gasteiger partial charge in [-0.25, -0.2) is 0 Å². The number of nitrogens with zero attached hydrogens (tertiary/aromatic N) is 1. The molecule has 0 radical (unpaired) electrons. The Hall–Kier alpha value is -1.39. The SMILES string of the molecule is CC1CCN(c2ccc(N)cc2C(F)(F)F)C1. The van der Waals surface area contributed by atoms with Crippen molar-refractivity contribution < 1.29 is 13.2 Å². The lowest BCUT2D eigenvalue weighted by Crippen LogP contribution is -2.23. The van der Waals surface area contributed by atoms with Gasteiger partial charge in [-0.1, -0.05) is 6.92 Å². The van der Waals surface area contributed by atoms with Gasteiger partial charge in [-0.3, -0.25) is 0 Å². The van der Waals surface area contributed by atoms with Gasteiger partial charge >= 0.3 is 6.18 Å².